The first-order chi connectivity index (χ1) is 12.1. The number of hydrogen-bond donors (Lipinski definition) is 1. The zero-order chi connectivity index (χ0) is 17.4. The van der Waals surface area contributed by atoms with Crippen LogP contribution in [0, 0.1) is 0 Å². The number of para-hydroxylation sites is 1. The molecule has 4 rings (SSSR count). The molecule has 1 amide bonds. The van der Waals surface area contributed by atoms with Gasteiger partial charge in [0.15, 0.2) is 5.16 Å². The minimum Gasteiger partial charge on any atom is -0.325 e. The fourth-order valence-corrected chi connectivity index (χ4v) is 4.03. The van der Waals surface area contributed by atoms with Crippen molar-refractivity contribution in [3.63, 3.8) is 0 Å². The topological polar surface area (TPSA) is 46.9 Å². The molecule has 0 radical (unpaired) electrons. The first-order valence-electron chi connectivity index (χ1n) is 7.67. The summed E-state index contributed by atoms with van der Waals surface area (Å²) in [5.74, 6) is 0.745. The van der Waals surface area contributed by atoms with Crippen LogP contribution in [0.3, 0.4) is 0 Å². The van der Waals surface area contributed by atoms with E-state index in [9.17, 15) is 4.79 Å². The van der Waals surface area contributed by atoms with Gasteiger partial charge in [0.1, 0.15) is 0 Å². The normalized spacial score (nSPS) is 12.9. The zero-order valence-electron chi connectivity index (χ0n) is 13.0. The van der Waals surface area contributed by atoms with Gasteiger partial charge in [-0.15, -0.1) is 0 Å². The van der Waals surface area contributed by atoms with Gasteiger partial charge in [0.25, 0.3) is 5.91 Å². The lowest BCUT2D eigenvalue weighted by molar-refractivity contribution is 0.102. The van der Waals surface area contributed by atoms with E-state index in [4.69, 9.17) is 23.2 Å². The average molecular weight is 390 g/mol. The Morgan fingerprint density at radius 3 is 2.88 bits per heavy atom. The third kappa shape index (κ3) is 3.27. The van der Waals surface area contributed by atoms with E-state index in [2.05, 4.69) is 14.9 Å². The predicted octanol–water partition coefficient (Wildman–Crippen LogP) is 5.21. The van der Waals surface area contributed by atoms with Crippen LogP contribution in [0.4, 0.5) is 5.69 Å². The molecule has 2 heterocycles. The van der Waals surface area contributed by atoms with Gasteiger partial charge < -0.3 is 9.88 Å². The second kappa shape index (κ2) is 6.75. The number of imidazole rings is 1. The SMILES string of the molecule is O=C(Nc1ccccc1-c1cn2c(n1)SCC2)c1cc(Cl)ccc1Cl. The minimum atomic E-state index is -0.305. The number of aryl methyl sites for hydroxylation is 1. The van der Waals surface area contributed by atoms with E-state index in [0.717, 1.165) is 28.7 Å². The number of anilines is 1. The van der Waals surface area contributed by atoms with E-state index < -0.39 is 0 Å². The Kier molecular flexibility index (Phi) is 4.46. The van der Waals surface area contributed by atoms with Crippen LogP contribution in [0.5, 0.6) is 0 Å². The lowest BCUT2D eigenvalue weighted by Crippen LogP contribution is -2.13. The maximum Gasteiger partial charge on any atom is 0.257 e. The van der Waals surface area contributed by atoms with Crippen LogP contribution in [-0.2, 0) is 6.54 Å². The summed E-state index contributed by atoms with van der Waals surface area (Å²) in [7, 11) is 0. The fraction of sp³-hybridized carbons (Fsp3) is 0.111. The molecule has 1 N–H and O–H groups in total. The molecule has 126 valence electrons. The molecule has 2 aromatic carbocycles. The van der Waals surface area contributed by atoms with Crippen LogP contribution in [-0.4, -0.2) is 21.2 Å². The second-order valence-electron chi connectivity index (χ2n) is 5.57. The van der Waals surface area contributed by atoms with Crippen molar-refractivity contribution < 1.29 is 4.79 Å². The summed E-state index contributed by atoms with van der Waals surface area (Å²) in [4.78, 5) is 17.3. The summed E-state index contributed by atoms with van der Waals surface area (Å²) < 4.78 is 2.13. The molecule has 0 atom stereocenters. The van der Waals surface area contributed by atoms with E-state index in [-0.39, 0.29) is 5.91 Å². The second-order valence-corrected chi connectivity index (χ2v) is 7.48. The summed E-state index contributed by atoms with van der Waals surface area (Å²) in [6, 6.07) is 12.4. The summed E-state index contributed by atoms with van der Waals surface area (Å²) >= 11 is 13.8. The highest BCUT2D eigenvalue weighted by atomic mass is 35.5. The van der Waals surface area contributed by atoms with Crippen LogP contribution in [0.15, 0.2) is 53.8 Å². The highest BCUT2D eigenvalue weighted by Gasteiger charge is 2.18. The van der Waals surface area contributed by atoms with Gasteiger partial charge in [0.2, 0.25) is 0 Å². The Labute approximate surface area is 159 Å². The Hall–Kier alpha value is -1.95. The number of nitrogens with zero attached hydrogens (tertiary/aromatic N) is 2. The van der Waals surface area contributed by atoms with Gasteiger partial charge in [0, 0.05) is 29.1 Å². The van der Waals surface area contributed by atoms with Crippen molar-refractivity contribution in [2.45, 2.75) is 11.7 Å². The van der Waals surface area contributed by atoms with Crippen molar-refractivity contribution in [3.8, 4) is 11.3 Å². The number of hydrogen-bond acceptors (Lipinski definition) is 3. The van der Waals surface area contributed by atoms with Gasteiger partial charge >= 0.3 is 0 Å². The molecule has 1 aromatic heterocycles. The van der Waals surface area contributed by atoms with Crippen molar-refractivity contribution in [1.82, 2.24) is 9.55 Å². The molecule has 7 heteroatoms. The third-order valence-corrected chi connectivity index (χ3v) is 5.46. The van der Waals surface area contributed by atoms with Crippen LogP contribution < -0.4 is 5.32 Å². The van der Waals surface area contributed by atoms with Gasteiger partial charge in [-0.1, -0.05) is 53.2 Å². The Morgan fingerprint density at radius 2 is 2.04 bits per heavy atom. The first kappa shape index (κ1) is 16.5. The monoisotopic (exact) mass is 389 g/mol. The van der Waals surface area contributed by atoms with Gasteiger partial charge in [-0.2, -0.15) is 0 Å². The largest absolute Gasteiger partial charge is 0.325 e. The number of rotatable bonds is 3. The van der Waals surface area contributed by atoms with Crippen molar-refractivity contribution in [2.24, 2.45) is 0 Å². The van der Waals surface area contributed by atoms with Crippen molar-refractivity contribution in [1.29, 1.82) is 0 Å². The smallest absolute Gasteiger partial charge is 0.257 e. The summed E-state index contributed by atoms with van der Waals surface area (Å²) in [5, 5.41) is 4.75. The number of thioether (sulfide) groups is 1. The molecule has 0 fully saturated rings. The number of halogens is 2. The van der Waals surface area contributed by atoms with Gasteiger partial charge in [-0.25, -0.2) is 4.98 Å². The van der Waals surface area contributed by atoms with E-state index in [1.165, 1.54) is 0 Å². The maximum absolute atomic E-state index is 12.6. The molecule has 0 aliphatic carbocycles. The number of carbonyl (C=O) groups excluding carboxylic acids is 1. The van der Waals surface area contributed by atoms with Gasteiger partial charge in [0.05, 0.1) is 22.0 Å². The number of aromatic nitrogens is 2. The summed E-state index contributed by atoms with van der Waals surface area (Å²) in [6.07, 6.45) is 2.02. The van der Waals surface area contributed by atoms with Crippen LogP contribution in [0.1, 0.15) is 10.4 Å². The molecule has 0 saturated heterocycles. The maximum atomic E-state index is 12.6. The van der Waals surface area contributed by atoms with Crippen LogP contribution in [0.25, 0.3) is 11.3 Å². The molecule has 0 unspecified atom stereocenters. The zero-order valence-corrected chi connectivity index (χ0v) is 15.3. The molecule has 25 heavy (non-hydrogen) atoms. The first-order valence-corrected chi connectivity index (χ1v) is 9.42. The highest BCUT2D eigenvalue weighted by molar-refractivity contribution is 7.99. The Morgan fingerprint density at radius 1 is 1.20 bits per heavy atom. The number of carbonyl (C=O) groups is 1. The summed E-state index contributed by atoms with van der Waals surface area (Å²) in [6.45, 7) is 0.958. The average Bonchev–Trinajstić information content (AvgIpc) is 3.19. The Balaban J connectivity index is 1.67. The molecule has 3 aromatic rings. The third-order valence-electron chi connectivity index (χ3n) is 3.93. The van der Waals surface area contributed by atoms with Gasteiger partial charge in [-0.3, -0.25) is 4.79 Å². The van der Waals surface area contributed by atoms with E-state index in [1.54, 1.807) is 30.0 Å². The number of benzene rings is 2. The van der Waals surface area contributed by atoms with E-state index in [1.807, 2.05) is 30.5 Å². The summed E-state index contributed by atoms with van der Waals surface area (Å²) in [5.41, 5.74) is 2.74. The van der Waals surface area contributed by atoms with Gasteiger partial charge in [-0.05, 0) is 24.3 Å². The highest BCUT2D eigenvalue weighted by Crippen LogP contribution is 2.33. The van der Waals surface area contributed by atoms with E-state index >= 15 is 0 Å². The molecule has 1 aliphatic rings. The van der Waals surface area contributed by atoms with Crippen LogP contribution in [0.2, 0.25) is 10.0 Å². The number of amides is 1. The molecule has 0 spiro atoms. The van der Waals surface area contributed by atoms with Crippen molar-refractivity contribution >= 4 is 46.6 Å². The van der Waals surface area contributed by atoms with Crippen LogP contribution >= 0.6 is 35.0 Å². The quantitative estimate of drug-likeness (QED) is 0.668. The molecular weight excluding hydrogens is 377 g/mol. The Bertz CT molecular complexity index is 949. The molecule has 4 nitrogen and oxygen atoms in total. The standard InChI is InChI=1S/C18H13Cl2N3OS/c19-11-5-6-14(20)13(9-11)17(24)21-15-4-2-1-3-12(15)16-10-23-7-8-25-18(23)22-16/h1-6,9-10H,7-8H2,(H,21,24). The van der Waals surface area contributed by atoms with Crippen molar-refractivity contribution in [3.05, 3.63) is 64.3 Å². The minimum absolute atomic E-state index is 0.305. The fourth-order valence-electron chi connectivity index (χ4n) is 2.72. The van der Waals surface area contributed by atoms with Crippen molar-refractivity contribution in [2.75, 3.05) is 11.1 Å². The molecular formula is C18H13Cl2N3OS. The predicted molar refractivity (Wildman–Crippen MR) is 103 cm³/mol. The van der Waals surface area contributed by atoms with E-state index in [0.29, 0.717) is 21.3 Å². The molecule has 0 saturated carbocycles. The number of fused-ring (bicyclic) bond motifs is 1. The molecule has 0 bridgehead atoms. The lowest BCUT2D eigenvalue weighted by Gasteiger charge is -2.11. The number of nitrogens with one attached hydrogen (secondary N) is 1. The molecule has 1 aliphatic heterocycles. The lowest BCUT2D eigenvalue weighted by atomic mass is 10.1.